The van der Waals surface area contributed by atoms with Gasteiger partial charge in [0.25, 0.3) is 0 Å². The van der Waals surface area contributed by atoms with Gasteiger partial charge in [0.05, 0.1) is 17.1 Å². The summed E-state index contributed by atoms with van der Waals surface area (Å²) >= 11 is 0. The highest BCUT2D eigenvalue weighted by Crippen LogP contribution is 2.66. The summed E-state index contributed by atoms with van der Waals surface area (Å²) in [5.74, 6) is -4.88. The van der Waals surface area contributed by atoms with Gasteiger partial charge in [-0.2, -0.15) is 0 Å². The number of carbonyl (C=O) groups excluding carboxylic acids is 5. The Hall–Kier alpha value is -3.03. The van der Waals surface area contributed by atoms with E-state index in [9.17, 15) is 34.2 Å². The van der Waals surface area contributed by atoms with E-state index in [-0.39, 0.29) is 19.3 Å². The van der Waals surface area contributed by atoms with Gasteiger partial charge in [-0.3, -0.25) is 19.2 Å². The first kappa shape index (κ1) is 32.9. The Balaban J connectivity index is 2.06. The van der Waals surface area contributed by atoms with Gasteiger partial charge >= 0.3 is 29.8 Å². The van der Waals surface area contributed by atoms with Gasteiger partial charge < -0.3 is 38.6 Å². The van der Waals surface area contributed by atoms with Crippen molar-refractivity contribution in [2.24, 2.45) is 11.3 Å². The molecule has 43 heavy (non-hydrogen) atoms. The molecule has 1 saturated carbocycles. The highest BCUT2D eigenvalue weighted by Gasteiger charge is 2.88. The molecule has 0 amide bonds. The summed E-state index contributed by atoms with van der Waals surface area (Å²) in [5.41, 5.74) is -6.61. The smallest absolute Gasteiger partial charge is 0.342 e. The number of hydrogen-bond donors (Lipinski definition) is 2. The minimum Gasteiger partial charge on any atom is -0.462 e. The second-order valence-electron chi connectivity index (χ2n) is 12.7. The Labute approximate surface area is 250 Å². The standard InChI is InChI=1S/C30H42O13/c1-9-10-23(35)41-18-12-20(38-15(3)31)27(6)21(39-16(4)32)13-19(34)28(7,37)24(27)25(40-17(5)33)30-22(11-14(18)2)42-26(36)29(30,8)43-30/h11,18-22,24-25,34,37H,9-10,12-13H2,1-8H3/b14-11-/t18-,19+,20+,21+,22+,24-,25+,27+,28-,29-,30+/m1/s1. The average molecular weight is 611 g/mol. The van der Waals surface area contributed by atoms with E-state index in [2.05, 4.69) is 0 Å². The molecule has 0 radical (unpaired) electrons. The van der Waals surface area contributed by atoms with Crippen LogP contribution in [0.5, 0.6) is 0 Å². The van der Waals surface area contributed by atoms with Crippen molar-refractivity contribution >= 4 is 29.8 Å². The first-order chi connectivity index (χ1) is 19.9. The Kier molecular flexibility index (Phi) is 8.53. The highest BCUT2D eigenvalue weighted by molar-refractivity contribution is 5.89. The summed E-state index contributed by atoms with van der Waals surface area (Å²) < 4.78 is 35.3. The molecule has 0 unspecified atom stereocenters. The first-order valence-corrected chi connectivity index (χ1v) is 14.6. The molecule has 13 nitrogen and oxygen atoms in total. The molecule has 13 heteroatoms. The summed E-state index contributed by atoms with van der Waals surface area (Å²) in [6.45, 7) is 11.3. The number of rotatable bonds is 6. The summed E-state index contributed by atoms with van der Waals surface area (Å²) in [6.07, 6.45) is -5.91. The number of epoxide rings is 1. The van der Waals surface area contributed by atoms with E-state index in [4.69, 9.17) is 28.4 Å². The number of fused-ring (bicyclic) bond motifs is 1. The van der Waals surface area contributed by atoms with Crippen LogP contribution in [0.1, 0.15) is 81.1 Å². The zero-order chi connectivity index (χ0) is 32.3. The fourth-order valence-electron chi connectivity index (χ4n) is 7.46. The lowest BCUT2D eigenvalue weighted by atomic mass is 9.51. The summed E-state index contributed by atoms with van der Waals surface area (Å²) in [7, 11) is 0. The van der Waals surface area contributed by atoms with Crippen LogP contribution < -0.4 is 0 Å². The molecule has 2 heterocycles. The molecule has 3 fully saturated rings. The number of hydrogen-bond acceptors (Lipinski definition) is 13. The minimum absolute atomic E-state index is 0.108. The van der Waals surface area contributed by atoms with Crippen molar-refractivity contribution in [3.05, 3.63) is 11.6 Å². The van der Waals surface area contributed by atoms with Crippen LogP contribution >= 0.6 is 0 Å². The molecule has 4 aliphatic rings. The fraction of sp³-hybridized carbons (Fsp3) is 0.767. The Morgan fingerprint density at radius 1 is 0.953 bits per heavy atom. The van der Waals surface area contributed by atoms with Gasteiger partial charge in [-0.25, -0.2) is 4.79 Å². The van der Waals surface area contributed by atoms with E-state index in [1.165, 1.54) is 27.7 Å². The molecule has 0 aromatic rings. The summed E-state index contributed by atoms with van der Waals surface area (Å²) in [5, 5.41) is 23.4. The maximum Gasteiger partial charge on any atom is 0.342 e. The van der Waals surface area contributed by atoms with Gasteiger partial charge in [0.2, 0.25) is 0 Å². The van der Waals surface area contributed by atoms with Crippen LogP contribution in [0.3, 0.4) is 0 Å². The maximum absolute atomic E-state index is 13.2. The van der Waals surface area contributed by atoms with Crippen molar-refractivity contribution in [2.75, 3.05) is 0 Å². The Morgan fingerprint density at radius 3 is 2.02 bits per heavy atom. The van der Waals surface area contributed by atoms with Gasteiger partial charge in [0.15, 0.2) is 17.3 Å². The van der Waals surface area contributed by atoms with Crippen LogP contribution in [-0.2, 0) is 52.4 Å². The molecule has 11 atom stereocenters. The van der Waals surface area contributed by atoms with Crippen molar-refractivity contribution in [3.8, 4) is 0 Å². The molecule has 2 saturated heterocycles. The van der Waals surface area contributed by atoms with E-state index in [0.29, 0.717) is 12.0 Å². The largest absolute Gasteiger partial charge is 0.462 e. The number of ether oxygens (including phenoxy) is 6. The molecule has 2 aliphatic carbocycles. The molecule has 2 aliphatic heterocycles. The van der Waals surface area contributed by atoms with Crippen molar-refractivity contribution in [1.29, 1.82) is 0 Å². The van der Waals surface area contributed by atoms with Gasteiger partial charge in [-0.1, -0.05) is 13.8 Å². The molecule has 0 aromatic carbocycles. The molecule has 240 valence electrons. The van der Waals surface area contributed by atoms with Gasteiger partial charge in [-0.05, 0) is 38.8 Å². The van der Waals surface area contributed by atoms with Crippen LogP contribution in [0.2, 0.25) is 0 Å². The fourth-order valence-corrected chi connectivity index (χ4v) is 7.46. The normalized spacial score (nSPS) is 44.7. The van der Waals surface area contributed by atoms with E-state index < -0.39 is 94.6 Å². The van der Waals surface area contributed by atoms with Crippen LogP contribution in [0.25, 0.3) is 0 Å². The zero-order valence-electron chi connectivity index (χ0n) is 25.8. The minimum atomic E-state index is -2.09. The number of carbonyl (C=O) groups is 5. The molecule has 1 spiro atoms. The van der Waals surface area contributed by atoms with Crippen molar-refractivity contribution in [2.45, 2.75) is 135 Å². The predicted molar refractivity (Wildman–Crippen MR) is 145 cm³/mol. The third kappa shape index (κ3) is 5.22. The predicted octanol–water partition coefficient (Wildman–Crippen LogP) is 1.43. The number of esters is 5. The second kappa shape index (κ2) is 11.2. The topological polar surface area (TPSA) is 184 Å². The SMILES string of the molecule is CCCC(=O)O[C@@H]1C[C@H](OC(C)=O)[C@@]2(C)[C@@H](OC(C)=O)C[C@H](O)[C@@](C)(O)[C@@H]2[C@H](OC(C)=O)[C@]23O[C@]2(C)C(=O)O[C@H]3/C=C\1C. The third-order valence-corrected chi connectivity index (χ3v) is 9.64. The number of aliphatic hydroxyl groups excluding tert-OH is 1. The summed E-state index contributed by atoms with van der Waals surface area (Å²) in [6, 6.07) is 0. The molecular formula is C30H42O13. The van der Waals surface area contributed by atoms with E-state index in [1.807, 2.05) is 6.92 Å². The lowest BCUT2D eigenvalue weighted by Gasteiger charge is -2.59. The Morgan fingerprint density at radius 2 is 1.51 bits per heavy atom. The quantitative estimate of drug-likeness (QED) is 0.191. The average Bonchev–Trinajstić information content (AvgIpc) is 3.46. The van der Waals surface area contributed by atoms with Crippen molar-refractivity contribution < 1.29 is 62.6 Å². The second-order valence-corrected chi connectivity index (χ2v) is 12.7. The molecular weight excluding hydrogens is 568 g/mol. The monoisotopic (exact) mass is 610 g/mol. The van der Waals surface area contributed by atoms with Crippen molar-refractivity contribution in [3.63, 3.8) is 0 Å². The molecule has 4 rings (SSSR count). The van der Waals surface area contributed by atoms with Gasteiger partial charge in [0.1, 0.15) is 24.4 Å². The van der Waals surface area contributed by atoms with Crippen molar-refractivity contribution in [1.82, 2.24) is 0 Å². The lowest BCUT2D eigenvalue weighted by molar-refractivity contribution is -0.275. The third-order valence-electron chi connectivity index (χ3n) is 9.64. The van der Waals surface area contributed by atoms with Crippen LogP contribution in [-0.4, -0.2) is 93.5 Å². The first-order valence-electron chi connectivity index (χ1n) is 14.6. The van der Waals surface area contributed by atoms with E-state index in [0.717, 1.165) is 6.92 Å². The molecule has 0 bridgehead atoms. The molecule has 2 N–H and O–H groups in total. The Bertz CT molecular complexity index is 1220. The van der Waals surface area contributed by atoms with E-state index in [1.54, 1.807) is 19.9 Å². The maximum atomic E-state index is 13.2. The summed E-state index contributed by atoms with van der Waals surface area (Å²) in [4.78, 5) is 63.7. The van der Waals surface area contributed by atoms with Gasteiger partial charge in [0, 0.05) is 46.0 Å². The number of aliphatic hydroxyl groups is 2. The van der Waals surface area contributed by atoms with E-state index >= 15 is 0 Å². The highest BCUT2D eigenvalue weighted by atomic mass is 16.7. The lowest BCUT2D eigenvalue weighted by Crippen LogP contribution is -2.72. The molecule has 0 aromatic heterocycles. The van der Waals surface area contributed by atoms with Crippen LogP contribution in [0.4, 0.5) is 0 Å². The van der Waals surface area contributed by atoms with Gasteiger partial charge in [-0.15, -0.1) is 0 Å². The van der Waals surface area contributed by atoms with Crippen LogP contribution in [0.15, 0.2) is 11.6 Å². The zero-order valence-corrected chi connectivity index (χ0v) is 25.8. The van der Waals surface area contributed by atoms with Crippen LogP contribution in [0, 0.1) is 11.3 Å².